The van der Waals surface area contributed by atoms with Gasteiger partial charge < -0.3 is 10.1 Å². The number of hydrogen-bond donors (Lipinski definition) is 1. The van der Waals surface area contributed by atoms with Crippen LogP contribution in [0.25, 0.3) is 0 Å². The molecule has 0 spiro atoms. The Kier molecular flexibility index (Phi) is 6.86. The fourth-order valence-corrected chi connectivity index (χ4v) is 3.44. The lowest BCUT2D eigenvalue weighted by atomic mass is 10.0. The van der Waals surface area contributed by atoms with Crippen LogP contribution >= 0.6 is 0 Å². The molecule has 1 aliphatic heterocycles. The van der Waals surface area contributed by atoms with Crippen molar-refractivity contribution in [1.82, 2.24) is 10.2 Å². The van der Waals surface area contributed by atoms with Crippen molar-refractivity contribution in [3.05, 3.63) is 65.2 Å². The van der Waals surface area contributed by atoms with E-state index in [1.807, 2.05) is 13.8 Å². The van der Waals surface area contributed by atoms with Crippen LogP contribution in [-0.4, -0.2) is 41.4 Å². The molecule has 0 saturated carbocycles. The highest BCUT2D eigenvalue weighted by Gasteiger charge is 2.42. The topological polar surface area (TPSA) is 75.7 Å². The Balaban J connectivity index is 1.67. The molecular formula is C23H23F3N2O4. The molecule has 0 radical (unpaired) electrons. The molecule has 2 aromatic carbocycles. The summed E-state index contributed by atoms with van der Waals surface area (Å²) < 4.78 is 41.4. The summed E-state index contributed by atoms with van der Waals surface area (Å²) >= 11 is 0. The zero-order valence-electron chi connectivity index (χ0n) is 17.6. The normalized spacial score (nSPS) is 14.5. The highest BCUT2D eigenvalue weighted by molar-refractivity contribution is 6.22. The average Bonchev–Trinajstić information content (AvgIpc) is 2.99. The predicted octanol–water partition coefficient (Wildman–Crippen LogP) is 3.95. The first kappa shape index (κ1) is 23.3. The summed E-state index contributed by atoms with van der Waals surface area (Å²) in [6.45, 7) is 2.46. The van der Waals surface area contributed by atoms with E-state index in [1.54, 1.807) is 24.3 Å². The first-order valence-corrected chi connectivity index (χ1v) is 10.1. The maximum atomic E-state index is 13.0. The molecule has 2 aromatic rings. The number of halogens is 3. The van der Waals surface area contributed by atoms with Crippen LogP contribution in [0.1, 0.15) is 46.5 Å². The Morgan fingerprint density at radius 2 is 1.56 bits per heavy atom. The molecule has 0 aromatic heterocycles. The van der Waals surface area contributed by atoms with Gasteiger partial charge in [-0.1, -0.05) is 38.1 Å². The minimum absolute atomic E-state index is 0.0418. The predicted molar refractivity (Wildman–Crippen MR) is 110 cm³/mol. The molecule has 1 heterocycles. The van der Waals surface area contributed by atoms with Gasteiger partial charge in [-0.05, 0) is 42.2 Å². The number of nitrogens with zero attached hydrogens (tertiary/aromatic N) is 1. The van der Waals surface area contributed by atoms with Gasteiger partial charge in [0.25, 0.3) is 11.8 Å². The number of fused-ring (bicyclic) bond motifs is 1. The summed E-state index contributed by atoms with van der Waals surface area (Å²) in [5.74, 6) is -1.39. The SMILES string of the molecule is CC(C)CC(C(=O)NCc1ccc(OCC(F)(F)F)cc1)N1C(=O)c2ccccc2C1=O. The molecule has 1 atom stereocenters. The van der Waals surface area contributed by atoms with Gasteiger partial charge in [-0.15, -0.1) is 0 Å². The first-order chi connectivity index (χ1) is 15.1. The van der Waals surface area contributed by atoms with Gasteiger partial charge >= 0.3 is 6.18 Å². The van der Waals surface area contributed by atoms with Gasteiger partial charge in [-0.25, -0.2) is 0 Å². The third-order valence-corrected chi connectivity index (χ3v) is 4.93. The molecule has 6 nitrogen and oxygen atoms in total. The molecule has 0 saturated heterocycles. The van der Waals surface area contributed by atoms with E-state index in [1.165, 1.54) is 24.3 Å². The Bertz CT molecular complexity index is 968. The molecule has 1 unspecified atom stereocenters. The molecule has 0 bridgehead atoms. The molecule has 1 N–H and O–H groups in total. The van der Waals surface area contributed by atoms with Crippen molar-refractivity contribution in [3.63, 3.8) is 0 Å². The number of carbonyl (C=O) groups excluding carboxylic acids is 3. The summed E-state index contributed by atoms with van der Waals surface area (Å²) in [7, 11) is 0. The number of amides is 3. The molecule has 1 aliphatic rings. The molecule has 0 fully saturated rings. The fraction of sp³-hybridized carbons (Fsp3) is 0.348. The average molecular weight is 448 g/mol. The van der Waals surface area contributed by atoms with Crippen LogP contribution in [0.4, 0.5) is 13.2 Å². The van der Waals surface area contributed by atoms with Gasteiger partial charge in [0, 0.05) is 6.54 Å². The standard InChI is InChI=1S/C23H23F3N2O4/c1-14(2)11-19(28-21(30)17-5-3-4-6-18(17)22(28)31)20(29)27-12-15-7-9-16(10-8-15)32-13-23(24,25)26/h3-10,14,19H,11-13H2,1-2H3,(H,27,29). The number of rotatable bonds is 8. The van der Waals surface area contributed by atoms with Crippen molar-refractivity contribution >= 4 is 17.7 Å². The number of imide groups is 1. The second-order valence-electron chi connectivity index (χ2n) is 7.94. The minimum Gasteiger partial charge on any atom is -0.484 e. The van der Waals surface area contributed by atoms with Crippen LogP contribution in [0, 0.1) is 5.92 Å². The van der Waals surface area contributed by atoms with E-state index in [0.29, 0.717) is 12.0 Å². The monoisotopic (exact) mass is 448 g/mol. The minimum atomic E-state index is -4.43. The Morgan fingerprint density at radius 1 is 1.00 bits per heavy atom. The van der Waals surface area contributed by atoms with Crippen molar-refractivity contribution in [3.8, 4) is 5.75 Å². The van der Waals surface area contributed by atoms with Gasteiger partial charge in [0.15, 0.2) is 6.61 Å². The van der Waals surface area contributed by atoms with Crippen molar-refractivity contribution in [2.75, 3.05) is 6.61 Å². The molecular weight excluding hydrogens is 425 g/mol. The Hall–Kier alpha value is -3.36. The Labute approximate surface area is 183 Å². The van der Waals surface area contributed by atoms with Crippen LogP contribution in [0.2, 0.25) is 0 Å². The van der Waals surface area contributed by atoms with Crippen LogP contribution in [0.5, 0.6) is 5.75 Å². The van der Waals surface area contributed by atoms with Crippen molar-refractivity contribution in [2.24, 2.45) is 5.92 Å². The highest BCUT2D eigenvalue weighted by Crippen LogP contribution is 2.27. The second-order valence-corrected chi connectivity index (χ2v) is 7.94. The highest BCUT2D eigenvalue weighted by atomic mass is 19.4. The third kappa shape index (κ3) is 5.46. The summed E-state index contributed by atoms with van der Waals surface area (Å²) in [5.41, 5.74) is 1.17. The molecule has 3 rings (SSSR count). The maximum Gasteiger partial charge on any atom is 0.422 e. The number of nitrogens with one attached hydrogen (secondary N) is 1. The van der Waals surface area contributed by atoms with Gasteiger partial charge in [0.2, 0.25) is 5.91 Å². The molecule has 3 amide bonds. The smallest absolute Gasteiger partial charge is 0.422 e. The van der Waals surface area contributed by atoms with Gasteiger partial charge in [-0.2, -0.15) is 13.2 Å². The molecule has 170 valence electrons. The van der Waals surface area contributed by atoms with E-state index in [9.17, 15) is 27.6 Å². The molecule has 9 heteroatoms. The summed E-state index contributed by atoms with van der Waals surface area (Å²) in [5, 5.41) is 2.72. The number of hydrogen-bond acceptors (Lipinski definition) is 4. The van der Waals surface area contributed by atoms with Crippen molar-refractivity contribution in [2.45, 2.75) is 39.0 Å². The zero-order chi connectivity index (χ0) is 23.5. The van der Waals surface area contributed by atoms with Gasteiger partial charge in [-0.3, -0.25) is 19.3 Å². The lowest BCUT2D eigenvalue weighted by Gasteiger charge is -2.26. The van der Waals surface area contributed by atoms with E-state index in [-0.39, 0.29) is 29.3 Å². The van der Waals surface area contributed by atoms with E-state index >= 15 is 0 Å². The van der Waals surface area contributed by atoms with E-state index < -0.39 is 36.5 Å². The number of benzene rings is 2. The van der Waals surface area contributed by atoms with Crippen LogP contribution in [-0.2, 0) is 11.3 Å². The number of carbonyl (C=O) groups is 3. The maximum absolute atomic E-state index is 13.0. The molecule has 0 aliphatic carbocycles. The number of ether oxygens (including phenoxy) is 1. The van der Waals surface area contributed by atoms with Crippen LogP contribution < -0.4 is 10.1 Å². The largest absolute Gasteiger partial charge is 0.484 e. The number of alkyl halides is 3. The summed E-state index contributed by atoms with van der Waals surface area (Å²) in [6.07, 6.45) is -4.14. The fourth-order valence-electron chi connectivity index (χ4n) is 3.44. The van der Waals surface area contributed by atoms with Crippen LogP contribution in [0.15, 0.2) is 48.5 Å². The lowest BCUT2D eigenvalue weighted by Crippen LogP contribution is -2.50. The van der Waals surface area contributed by atoms with Crippen molar-refractivity contribution in [1.29, 1.82) is 0 Å². The van der Waals surface area contributed by atoms with E-state index in [4.69, 9.17) is 0 Å². The molecule has 32 heavy (non-hydrogen) atoms. The summed E-state index contributed by atoms with van der Waals surface area (Å²) in [4.78, 5) is 39.6. The summed E-state index contributed by atoms with van der Waals surface area (Å²) in [6, 6.07) is 11.3. The van der Waals surface area contributed by atoms with Gasteiger partial charge in [0.05, 0.1) is 11.1 Å². The second kappa shape index (κ2) is 9.42. The van der Waals surface area contributed by atoms with Gasteiger partial charge in [0.1, 0.15) is 11.8 Å². The van der Waals surface area contributed by atoms with E-state index in [0.717, 1.165) is 4.90 Å². The Morgan fingerprint density at radius 3 is 2.06 bits per heavy atom. The zero-order valence-corrected chi connectivity index (χ0v) is 17.6. The quantitative estimate of drug-likeness (QED) is 0.621. The third-order valence-electron chi connectivity index (χ3n) is 4.93. The van der Waals surface area contributed by atoms with Crippen molar-refractivity contribution < 1.29 is 32.3 Å². The lowest BCUT2D eigenvalue weighted by molar-refractivity contribution is -0.153. The van der Waals surface area contributed by atoms with E-state index in [2.05, 4.69) is 10.1 Å². The van der Waals surface area contributed by atoms with Crippen LogP contribution in [0.3, 0.4) is 0 Å². The first-order valence-electron chi connectivity index (χ1n) is 10.1.